The van der Waals surface area contributed by atoms with Gasteiger partial charge in [0.05, 0.1) is 12.1 Å². The third-order valence-corrected chi connectivity index (χ3v) is 4.99. The smallest absolute Gasteiger partial charge is 0.272 e. The van der Waals surface area contributed by atoms with Gasteiger partial charge in [0.25, 0.3) is 5.91 Å². The number of aryl methyl sites for hydroxylation is 1. The molecule has 0 unspecified atom stereocenters. The molecule has 0 saturated carbocycles. The van der Waals surface area contributed by atoms with Crippen LogP contribution >= 0.6 is 0 Å². The van der Waals surface area contributed by atoms with Crippen LogP contribution in [0.2, 0.25) is 0 Å². The van der Waals surface area contributed by atoms with Crippen LogP contribution in [0.4, 0.5) is 5.95 Å². The van der Waals surface area contributed by atoms with E-state index in [2.05, 4.69) is 25.5 Å². The maximum atomic E-state index is 12.5. The molecule has 2 aromatic heterocycles. The highest BCUT2D eigenvalue weighted by Crippen LogP contribution is 2.25. The van der Waals surface area contributed by atoms with Crippen molar-refractivity contribution in [2.45, 2.75) is 37.7 Å². The highest BCUT2D eigenvalue weighted by atomic mass is 16.3. The molecule has 132 valence electrons. The minimum atomic E-state index is -0.993. The molecular weight excluding hydrogens is 320 g/mol. The Morgan fingerprint density at radius 3 is 3.00 bits per heavy atom. The molecule has 25 heavy (non-hydrogen) atoms. The van der Waals surface area contributed by atoms with Gasteiger partial charge < -0.3 is 15.3 Å². The molecule has 1 amide bonds. The van der Waals surface area contributed by atoms with E-state index in [1.54, 1.807) is 18.5 Å². The van der Waals surface area contributed by atoms with Gasteiger partial charge in [-0.15, -0.1) is 0 Å². The molecule has 2 aliphatic rings. The Labute approximate surface area is 145 Å². The number of fused-ring (bicyclic) bond motifs is 1. The first-order valence-electron chi connectivity index (χ1n) is 8.73. The van der Waals surface area contributed by atoms with Crippen LogP contribution in [0.15, 0.2) is 18.5 Å². The van der Waals surface area contributed by atoms with Crippen LogP contribution in [0.25, 0.3) is 0 Å². The van der Waals surface area contributed by atoms with Gasteiger partial charge in [-0.3, -0.25) is 9.89 Å². The van der Waals surface area contributed by atoms with E-state index >= 15 is 0 Å². The number of aliphatic hydroxyl groups is 1. The minimum absolute atomic E-state index is 0.191. The van der Waals surface area contributed by atoms with E-state index in [1.807, 2.05) is 4.90 Å². The van der Waals surface area contributed by atoms with Gasteiger partial charge in [-0.1, -0.05) is 0 Å². The second kappa shape index (κ2) is 6.44. The van der Waals surface area contributed by atoms with Crippen molar-refractivity contribution in [3.8, 4) is 0 Å². The normalized spacial score (nSPS) is 22.7. The Kier molecular flexibility index (Phi) is 4.12. The van der Waals surface area contributed by atoms with Crippen LogP contribution in [0, 0.1) is 0 Å². The van der Waals surface area contributed by atoms with Crippen molar-refractivity contribution < 1.29 is 9.90 Å². The summed E-state index contributed by atoms with van der Waals surface area (Å²) < 4.78 is 0. The predicted octanol–water partition coefficient (Wildman–Crippen LogP) is 0.450. The van der Waals surface area contributed by atoms with E-state index in [4.69, 9.17) is 0 Å². The van der Waals surface area contributed by atoms with Crippen LogP contribution < -0.4 is 10.2 Å². The summed E-state index contributed by atoms with van der Waals surface area (Å²) >= 11 is 0. The molecule has 1 atom stereocenters. The van der Waals surface area contributed by atoms with E-state index in [1.165, 1.54) is 0 Å². The lowest BCUT2D eigenvalue weighted by Gasteiger charge is -2.39. The number of carbonyl (C=O) groups excluding carboxylic acids is 1. The lowest BCUT2D eigenvalue weighted by molar-refractivity contribution is 0.0251. The van der Waals surface area contributed by atoms with Crippen molar-refractivity contribution in [3.05, 3.63) is 35.4 Å². The molecule has 1 aliphatic carbocycles. The molecule has 8 heteroatoms. The van der Waals surface area contributed by atoms with E-state index in [0.29, 0.717) is 24.6 Å². The Bertz CT molecular complexity index is 762. The number of β-amino-alcohol motifs (C(OH)–C–C–N with tert-alkyl or cyclic N) is 1. The summed E-state index contributed by atoms with van der Waals surface area (Å²) in [7, 11) is 0. The van der Waals surface area contributed by atoms with Gasteiger partial charge in [0.1, 0.15) is 0 Å². The van der Waals surface area contributed by atoms with Gasteiger partial charge >= 0.3 is 0 Å². The summed E-state index contributed by atoms with van der Waals surface area (Å²) in [5, 5.41) is 20.8. The summed E-state index contributed by atoms with van der Waals surface area (Å²) in [4.78, 5) is 22.9. The third-order valence-electron chi connectivity index (χ3n) is 4.99. The molecule has 0 aromatic carbocycles. The number of hydrogen-bond donors (Lipinski definition) is 3. The second-order valence-electron chi connectivity index (χ2n) is 6.86. The van der Waals surface area contributed by atoms with Gasteiger partial charge in [-0.2, -0.15) is 5.10 Å². The largest absolute Gasteiger partial charge is 0.386 e. The third kappa shape index (κ3) is 3.21. The predicted molar refractivity (Wildman–Crippen MR) is 91.4 cm³/mol. The number of H-pyrrole nitrogens is 1. The molecule has 1 fully saturated rings. The number of aromatic amines is 1. The second-order valence-corrected chi connectivity index (χ2v) is 6.86. The molecule has 2 aromatic rings. The van der Waals surface area contributed by atoms with Crippen molar-refractivity contribution in [3.63, 3.8) is 0 Å². The number of piperidine rings is 1. The zero-order valence-corrected chi connectivity index (χ0v) is 14.0. The molecule has 0 bridgehead atoms. The lowest BCUT2D eigenvalue weighted by atomic mass is 9.93. The van der Waals surface area contributed by atoms with Gasteiger partial charge in [-0.25, -0.2) is 9.97 Å². The zero-order chi connectivity index (χ0) is 17.3. The minimum Gasteiger partial charge on any atom is -0.386 e. The fourth-order valence-corrected chi connectivity index (χ4v) is 3.72. The molecule has 0 radical (unpaired) electrons. The number of hydrogen-bond acceptors (Lipinski definition) is 6. The molecule has 1 saturated heterocycles. The Morgan fingerprint density at radius 1 is 1.32 bits per heavy atom. The molecule has 3 N–H and O–H groups in total. The molecule has 0 spiro atoms. The number of anilines is 1. The monoisotopic (exact) mass is 342 g/mol. The van der Waals surface area contributed by atoms with E-state index < -0.39 is 5.60 Å². The van der Waals surface area contributed by atoms with E-state index in [0.717, 1.165) is 43.5 Å². The first-order valence-corrected chi connectivity index (χ1v) is 8.73. The van der Waals surface area contributed by atoms with Crippen LogP contribution in [0.5, 0.6) is 0 Å². The number of rotatable bonds is 4. The van der Waals surface area contributed by atoms with Crippen LogP contribution in [-0.4, -0.2) is 56.4 Å². The summed E-state index contributed by atoms with van der Waals surface area (Å²) in [6, 6.07) is 1.77. The maximum absolute atomic E-state index is 12.5. The van der Waals surface area contributed by atoms with Gasteiger partial charge in [0.15, 0.2) is 5.69 Å². The highest BCUT2D eigenvalue weighted by molar-refractivity contribution is 5.94. The van der Waals surface area contributed by atoms with Gasteiger partial charge in [-0.05, 0) is 38.2 Å². The average Bonchev–Trinajstić information content (AvgIpc) is 3.24. The van der Waals surface area contributed by atoms with Crippen LogP contribution in [0.3, 0.4) is 0 Å². The number of aromatic nitrogens is 4. The number of nitrogens with zero attached hydrogens (tertiary/aromatic N) is 4. The van der Waals surface area contributed by atoms with Crippen molar-refractivity contribution in [2.24, 2.45) is 0 Å². The molecular formula is C17H22N6O2. The fraction of sp³-hybridized carbons (Fsp3) is 0.529. The van der Waals surface area contributed by atoms with Crippen molar-refractivity contribution >= 4 is 11.9 Å². The SMILES string of the molecule is O=C(NC[C@@]1(O)CCCN(c2ncccn2)C1)c1n[nH]c2c1CCC2. The summed E-state index contributed by atoms with van der Waals surface area (Å²) in [5.74, 6) is 0.387. The Morgan fingerprint density at radius 2 is 2.16 bits per heavy atom. The summed E-state index contributed by atoms with van der Waals surface area (Å²) in [6.07, 6.45) is 7.73. The number of amides is 1. The lowest BCUT2D eigenvalue weighted by Crippen LogP contribution is -2.54. The molecule has 8 nitrogen and oxygen atoms in total. The molecule has 4 rings (SSSR count). The molecule has 3 heterocycles. The van der Waals surface area contributed by atoms with Crippen molar-refractivity contribution in [1.29, 1.82) is 0 Å². The Hall–Kier alpha value is -2.48. The molecule has 1 aliphatic heterocycles. The first kappa shape index (κ1) is 16.0. The van der Waals surface area contributed by atoms with Crippen molar-refractivity contribution in [1.82, 2.24) is 25.5 Å². The quantitative estimate of drug-likeness (QED) is 0.745. The van der Waals surface area contributed by atoms with Crippen LogP contribution in [-0.2, 0) is 12.8 Å². The van der Waals surface area contributed by atoms with Gasteiger partial charge in [0, 0.05) is 36.7 Å². The maximum Gasteiger partial charge on any atom is 0.272 e. The van der Waals surface area contributed by atoms with E-state index in [-0.39, 0.29) is 12.5 Å². The topological polar surface area (TPSA) is 107 Å². The standard InChI is InChI=1S/C17H22N6O2/c24-15(14-12-4-1-5-13(12)21-22-14)20-10-17(25)6-2-9-23(11-17)16-18-7-3-8-19-16/h3,7-8,25H,1-2,4-6,9-11H2,(H,20,24)(H,21,22)/t17-/m0/s1. The zero-order valence-electron chi connectivity index (χ0n) is 14.0. The number of carbonyl (C=O) groups is 1. The summed E-state index contributed by atoms with van der Waals surface area (Å²) in [5.41, 5.74) is 1.56. The first-order chi connectivity index (χ1) is 12.1. The number of nitrogens with one attached hydrogen (secondary N) is 2. The summed E-state index contributed by atoms with van der Waals surface area (Å²) in [6.45, 7) is 1.39. The highest BCUT2D eigenvalue weighted by Gasteiger charge is 2.35. The van der Waals surface area contributed by atoms with Crippen LogP contribution in [0.1, 0.15) is 41.0 Å². The van der Waals surface area contributed by atoms with Crippen molar-refractivity contribution in [2.75, 3.05) is 24.5 Å². The van der Waals surface area contributed by atoms with Gasteiger partial charge in [0.2, 0.25) is 5.95 Å². The average molecular weight is 342 g/mol. The van der Waals surface area contributed by atoms with E-state index in [9.17, 15) is 9.90 Å². The Balaban J connectivity index is 1.40. The fourth-order valence-electron chi connectivity index (χ4n) is 3.72.